The molecular weight excluding hydrogens is 358 g/mol. The van der Waals surface area contributed by atoms with E-state index in [-0.39, 0.29) is 34.8 Å². The van der Waals surface area contributed by atoms with E-state index in [0.29, 0.717) is 17.7 Å². The standard InChI is InChI=1S/C17H25N3O5S/c1-8(21)14-11-6-12(15(17(24)25)20(11)16(14)23)26-10-4-9(19(3)7-10)5-13(22)18-2/h8-11,14,21H,4-7H2,1-3H3,(H,18,22)(H,24,25)/t8?,9?,10?,11-,14+/m1/s1. The molecule has 0 radical (unpaired) electrons. The van der Waals surface area contributed by atoms with Gasteiger partial charge >= 0.3 is 5.97 Å². The lowest BCUT2D eigenvalue weighted by atomic mass is 9.83. The number of carbonyl (C=O) groups excluding carboxylic acids is 2. The van der Waals surface area contributed by atoms with Gasteiger partial charge in [-0.25, -0.2) is 4.79 Å². The van der Waals surface area contributed by atoms with Gasteiger partial charge in [0.25, 0.3) is 0 Å². The van der Waals surface area contributed by atoms with Gasteiger partial charge in [0.15, 0.2) is 0 Å². The van der Waals surface area contributed by atoms with Gasteiger partial charge in [-0.2, -0.15) is 0 Å². The van der Waals surface area contributed by atoms with Crippen LogP contribution in [0.15, 0.2) is 10.6 Å². The minimum absolute atomic E-state index is 0.00617. The average molecular weight is 383 g/mol. The van der Waals surface area contributed by atoms with Crippen LogP contribution in [0.25, 0.3) is 0 Å². The van der Waals surface area contributed by atoms with Crippen molar-refractivity contribution in [2.24, 2.45) is 5.92 Å². The van der Waals surface area contributed by atoms with Gasteiger partial charge in [-0.3, -0.25) is 9.59 Å². The quantitative estimate of drug-likeness (QED) is 0.547. The van der Waals surface area contributed by atoms with Crippen LogP contribution < -0.4 is 5.32 Å². The first-order valence-corrected chi connectivity index (χ1v) is 9.67. The third kappa shape index (κ3) is 3.23. The Morgan fingerprint density at radius 1 is 1.42 bits per heavy atom. The first-order valence-electron chi connectivity index (χ1n) is 8.79. The molecule has 0 bridgehead atoms. The number of carbonyl (C=O) groups is 3. The molecule has 0 spiro atoms. The highest BCUT2D eigenvalue weighted by Gasteiger charge is 2.57. The molecule has 3 unspecified atom stereocenters. The average Bonchev–Trinajstić information content (AvgIpc) is 3.05. The predicted molar refractivity (Wildman–Crippen MR) is 96.2 cm³/mol. The molecule has 144 valence electrons. The predicted octanol–water partition coefficient (Wildman–Crippen LogP) is -0.164. The highest BCUT2D eigenvalue weighted by atomic mass is 32.2. The van der Waals surface area contributed by atoms with Crippen molar-refractivity contribution in [1.82, 2.24) is 15.1 Å². The Hall–Kier alpha value is -1.58. The molecule has 9 heteroatoms. The number of rotatable bonds is 6. The molecule has 3 N–H and O–H groups in total. The first-order chi connectivity index (χ1) is 12.2. The number of amides is 2. The van der Waals surface area contributed by atoms with Crippen LogP contribution in [0.2, 0.25) is 0 Å². The van der Waals surface area contributed by atoms with Crippen LogP contribution in [0.4, 0.5) is 0 Å². The summed E-state index contributed by atoms with van der Waals surface area (Å²) in [6.07, 6.45) is 0.918. The Labute approximate surface area is 156 Å². The second-order valence-electron chi connectivity index (χ2n) is 7.27. The lowest BCUT2D eigenvalue weighted by Gasteiger charge is -2.44. The number of hydrogen-bond donors (Lipinski definition) is 3. The summed E-state index contributed by atoms with van der Waals surface area (Å²) in [6, 6.07) is -0.122. The van der Waals surface area contributed by atoms with Crippen molar-refractivity contribution in [3.05, 3.63) is 10.6 Å². The monoisotopic (exact) mass is 383 g/mol. The van der Waals surface area contributed by atoms with Crippen molar-refractivity contribution in [2.45, 2.75) is 49.6 Å². The number of hydrogen-bond acceptors (Lipinski definition) is 6. The second-order valence-corrected chi connectivity index (χ2v) is 8.66. The van der Waals surface area contributed by atoms with Gasteiger partial charge in [-0.1, -0.05) is 0 Å². The maximum atomic E-state index is 12.2. The number of aliphatic hydroxyl groups is 1. The van der Waals surface area contributed by atoms with Crippen molar-refractivity contribution in [3.63, 3.8) is 0 Å². The summed E-state index contributed by atoms with van der Waals surface area (Å²) < 4.78 is 0. The summed E-state index contributed by atoms with van der Waals surface area (Å²) in [6.45, 7) is 2.34. The number of aliphatic carboxylic acids is 1. The van der Waals surface area contributed by atoms with E-state index < -0.39 is 18.0 Å². The summed E-state index contributed by atoms with van der Waals surface area (Å²) in [7, 11) is 3.58. The first kappa shape index (κ1) is 19.2. The highest BCUT2D eigenvalue weighted by Crippen LogP contribution is 2.49. The molecule has 2 amide bonds. The number of β-lactam (4-membered cyclic amide) rings is 1. The zero-order chi connectivity index (χ0) is 19.2. The van der Waals surface area contributed by atoms with Crippen molar-refractivity contribution < 1.29 is 24.6 Å². The summed E-state index contributed by atoms with van der Waals surface area (Å²) in [5, 5.41) is 22.2. The van der Waals surface area contributed by atoms with E-state index in [1.54, 1.807) is 14.0 Å². The summed E-state index contributed by atoms with van der Waals surface area (Å²) in [5.41, 5.74) is 0.0688. The molecule has 5 atom stereocenters. The van der Waals surface area contributed by atoms with Gasteiger partial charge in [0.2, 0.25) is 11.8 Å². The molecule has 2 fully saturated rings. The zero-order valence-electron chi connectivity index (χ0n) is 15.1. The second kappa shape index (κ2) is 7.21. The van der Waals surface area contributed by atoms with Crippen LogP contribution in [0.3, 0.4) is 0 Å². The maximum absolute atomic E-state index is 12.2. The van der Waals surface area contributed by atoms with E-state index >= 15 is 0 Å². The number of fused-ring (bicyclic) bond motifs is 1. The van der Waals surface area contributed by atoms with Crippen LogP contribution >= 0.6 is 11.8 Å². The van der Waals surface area contributed by atoms with Gasteiger partial charge in [0, 0.05) is 42.6 Å². The van der Waals surface area contributed by atoms with Crippen molar-refractivity contribution in [1.29, 1.82) is 0 Å². The minimum atomic E-state index is -1.10. The molecule has 3 aliphatic rings. The number of nitrogens with zero attached hydrogens (tertiary/aromatic N) is 2. The molecule has 0 saturated carbocycles. The van der Waals surface area contributed by atoms with Crippen LogP contribution in [-0.2, 0) is 14.4 Å². The van der Waals surface area contributed by atoms with Gasteiger partial charge in [0.05, 0.1) is 18.1 Å². The summed E-state index contributed by atoms with van der Waals surface area (Å²) in [5.74, 6) is -1.93. The SMILES string of the molecule is CNC(=O)CC1CC(SC2=C(C(=O)O)N3C(=O)[C@@H](C(C)O)[C@H]3C2)CN1C. The van der Waals surface area contributed by atoms with E-state index in [1.807, 2.05) is 7.05 Å². The Morgan fingerprint density at radius 3 is 2.69 bits per heavy atom. The molecule has 26 heavy (non-hydrogen) atoms. The van der Waals surface area contributed by atoms with E-state index in [9.17, 15) is 24.6 Å². The molecule has 3 aliphatic heterocycles. The molecule has 0 aliphatic carbocycles. The Balaban J connectivity index is 1.71. The van der Waals surface area contributed by atoms with Crippen LogP contribution in [-0.4, -0.2) is 81.9 Å². The van der Waals surface area contributed by atoms with E-state index in [1.165, 1.54) is 16.7 Å². The Kier molecular flexibility index (Phi) is 5.32. The molecule has 3 rings (SSSR count). The topological polar surface area (TPSA) is 110 Å². The lowest BCUT2D eigenvalue weighted by Crippen LogP contribution is -2.61. The normalized spacial score (nSPS) is 32.5. The van der Waals surface area contributed by atoms with Crippen molar-refractivity contribution in [2.75, 3.05) is 20.6 Å². The molecule has 0 aromatic heterocycles. The summed E-state index contributed by atoms with van der Waals surface area (Å²) >= 11 is 1.51. The number of carboxylic acid groups (broad SMARTS) is 1. The third-order valence-corrected chi connectivity index (χ3v) is 6.87. The smallest absolute Gasteiger partial charge is 0.353 e. The largest absolute Gasteiger partial charge is 0.477 e. The van der Waals surface area contributed by atoms with Crippen LogP contribution in [0.1, 0.15) is 26.2 Å². The molecular formula is C17H25N3O5S. The molecule has 0 aromatic carbocycles. The number of thioether (sulfide) groups is 1. The Morgan fingerprint density at radius 2 is 2.12 bits per heavy atom. The summed E-state index contributed by atoms with van der Waals surface area (Å²) in [4.78, 5) is 39.8. The van der Waals surface area contributed by atoms with E-state index in [0.717, 1.165) is 13.0 Å². The number of likely N-dealkylation sites (tertiary alicyclic amines) is 1. The van der Waals surface area contributed by atoms with Gasteiger partial charge in [-0.05, 0) is 20.4 Å². The fourth-order valence-electron chi connectivity index (χ4n) is 4.21. The van der Waals surface area contributed by atoms with Gasteiger partial charge in [-0.15, -0.1) is 11.8 Å². The Bertz CT molecular complexity index is 665. The van der Waals surface area contributed by atoms with Crippen molar-refractivity contribution in [3.8, 4) is 0 Å². The highest BCUT2D eigenvalue weighted by molar-refractivity contribution is 8.03. The number of nitrogens with one attached hydrogen (secondary N) is 1. The fraction of sp³-hybridized carbons (Fsp3) is 0.706. The van der Waals surface area contributed by atoms with Crippen molar-refractivity contribution >= 4 is 29.5 Å². The minimum Gasteiger partial charge on any atom is -0.477 e. The molecule has 2 saturated heterocycles. The van der Waals surface area contributed by atoms with E-state index in [4.69, 9.17) is 0 Å². The third-order valence-electron chi connectivity index (χ3n) is 5.55. The van der Waals surface area contributed by atoms with Crippen LogP contribution in [0.5, 0.6) is 0 Å². The van der Waals surface area contributed by atoms with Gasteiger partial charge in [0.1, 0.15) is 5.70 Å². The van der Waals surface area contributed by atoms with Crippen LogP contribution in [0, 0.1) is 5.92 Å². The lowest BCUT2D eigenvalue weighted by molar-refractivity contribution is -0.161. The van der Waals surface area contributed by atoms with E-state index in [2.05, 4.69) is 10.2 Å². The zero-order valence-corrected chi connectivity index (χ0v) is 16.0. The van der Waals surface area contributed by atoms with Gasteiger partial charge < -0.3 is 25.3 Å². The fourth-order valence-corrected chi connectivity index (χ4v) is 5.80. The maximum Gasteiger partial charge on any atom is 0.353 e. The molecule has 8 nitrogen and oxygen atoms in total. The number of carboxylic acids is 1. The number of aliphatic hydroxyl groups excluding tert-OH is 1. The molecule has 0 aromatic rings. The molecule has 3 heterocycles.